The monoisotopic (exact) mass is 241 g/mol. The van der Waals surface area contributed by atoms with Gasteiger partial charge in [0.2, 0.25) is 0 Å². The zero-order valence-electron chi connectivity index (χ0n) is 8.59. The highest BCUT2D eigenvalue weighted by molar-refractivity contribution is 6.17. The van der Waals surface area contributed by atoms with Crippen molar-refractivity contribution >= 4 is 17.6 Å². The first-order valence-corrected chi connectivity index (χ1v) is 5.00. The van der Waals surface area contributed by atoms with Gasteiger partial charge in [0.05, 0.1) is 31.0 Å². The minimum Gasteiger partial charge on any atom is -0.469 e. The number of hydrogen-bond donors (Lipinski definition) is 0. The summed E-state index contributed by atoms with van der Waals surface area (Å²) in [6, 6.07) is 4.39. The number of methoxy groups -OCH3 is 1. The summed E-state index contributed by atoms with van der Waals surface area (Å²) in [5.74, 6) is -1.05. The van der Waals surface area contributed by atoms with Crippen molar-refractivity contribution in [2.45, 2.75) is 12.3 Å². The van der Waals surface area contributed by atoms with Gasteiger partial charge in [-0.3, -0.25) is 4.79 Å². The third-order valence-electron chi connectivity index (χ3n) is 2.10. The molecule has 0 N–H and O–H groups in total. The number of rotatable bonds is 3. The molecule has 16 heavy (non-hydrogen) atoms. The molecule has 0 amide bonds. The first-order chi connectivity index (χ1) is 7.62. The topological polar surface area (TPSA) is 50.1 Å². The maximum Gasteiger partial charge on any atom is 0.310 e. The van der Waals surface area contributed by atoms with Crippen molar-refractivity contribution in [2.24, 2.45) is 0 Å². The fourth-order valence-corrected chi connectivity index (χ4v) is 1.44. The first-order valence-electron chi connectivity index (χ1n) is 4.46. The van der Waals surface area contributed by atoms with Gasteiger partial charge in [-0.2, -0.15) is 5.26 Å². The van der Waals surface area contributed by atoms with Gasteiger partial charge >= 0.3 is 5.97 Å². The van der Waals surface area contributed by atoms with Gasteiger partial charge in [-0.05, 0) is 17.7 Å². The average molecular weight is 242 g/mol. The Hall–Kier alpha value is -1.60. The summed E-state index contributed by atoms with van der Waals surface area (Å²) < 4.78 is 17.8. The second-order valence-corrected chi connectivity index (χ2v) is 3.37. The van der Waals surface area contributed by atoms with Gasteiger partial charge in [0, 0.05) is 5.56 Å². The molecular formula is C11H9ClFNO2. The second kappa shape index (κ2) is 5.47. The van der Waals surface area contributed by atoms with E-state index in [9.17, 15) is 9.18 Å². The Morgan fingerprint density at radius 3 is 2.75 bits per heavy atom. The summed E-state index contributed by atoms with van der Waals surface area (Å²) in [6.07, 6.45) is -0.126. The molecular weight excluding hydrogens is 233 g/mol. The van der Waals surface area contributed by atoms with Crippen LogP contribution in [-0.2, 0) is 21.8 Å². The number of nitrogens with zero attached hydrogens (tertiary/aromatic N) is 1. The Morgan fingerprint density at radius 1 is 1.56 bits per heavy atom. The van der Waals surface area contributed by atoms with Gasteiger partial charge in [0.15, 0.2) is 0 Å². The minimum atomic E-state index is -0.520. The maximum absolute atomic E-state index is 13.4. The van der Waals surface area contributed by atoms with E-state index in [0.717, 1.165) is 6.07 Å². The quantitative estimate of drug-likeness (QED) is 0.602. The van der Waals surface area contributed by atoms with Crippen molar-refractivity contribution in [3.63, 3.8) is 0 Å². The first kappa shape index (κ1) is 12.5. The van der Waals surface area contributed by atoms with Crippen molar-refractivity contribution in [1.29, 1.82) is 5.26 Å². The van der Waals surface area contributed by atoms with Crippen LogP contribution in [0, 0.1) is 17.1 Å². The zero-order chi connectivity index (χ0) is 12.1. The van der Waals surface area contributed by atoms with Crippen LogP contribution in [-0.4, -0.2) is 13.1 Å². The molecule has 0 saturated heterocycles. The largest absolute Gasteiger partial charge is 0.469 e. The number of alkyl halides is 1. The summed E-state index contributed by atoms with van der Waals surface area (Å²) in [5.41, 5.74) is 0.787. The number of hydrogen-bond acceptors (Lipinski definition) is 3. The van der Waals surface area contributed by atoms with Gasteiger partial charge in [0.1, 0.15) is 5.82 Å². The van der Waals surface area contributed by atoms with Crippen molar-refractivity contribution < 1.29 is 13.9 Å². The summed E-state index contributed by atoms with van der Waals surface area (Å²) in [4.78, 5) is 11.0. The Balaban J connectivity index is 3.14. The highest BCUT2D eigenvalue weighted by Gasteiger charge is 2.12. The third kappa shape index (κ3) is 2.71. The molecule has 1 rings (SSSR count). The summed E-state index contributed by atoms with van der Waals surface area (Å²) in [6.45, 7) is 0. The molecule has 84 valence electrons. The van der Waals surface area contributed by atoms with Gasteiger partial charge < -0.3 is 4.74 Å². The van der Waals surface area contributed by atoms with E-state index >= 15 is 0 Å². The number of esters is 1. The zero-order valence-corrected chi connectivity index (χ0v) is 9.34. The Labute approximate surface area is 97.4 Å². The molecule has 0 atom stereocenters. The molecule has 0 saturated carbocycles. The lowest BCUT2D eigenvalue weighted by molar-refractivity contribution is -0.139. The standard InChI is InChI=1S/C11H9ClFNO2/c1-16-11(15)4-7-3-10(13)8(5-12)2-9(7)6-14/h2-3H,4-5H2,1H3. The van der Waals surface area contributed by atoms with Gasteiger partial charge in [-0.15, -0.1) is 11.6 Å². The summed E-state index contributed by atoms with van der Waals surface area (Å²) >= 11 is 5.51. The molecule has 0 bridgehead atoms. The van der Waals surface area contributed by atoms with E-state index in [1.54, 1.807) is 0 Å². The molecule has 3 nitrogen and oxygen atoms in total. The van der Waals surface area contributed by atoms with Gasteiger partial charge in [-0.1, -0.05) is 0 Å². The lowest BCUT2D eigenvalue weighted by Gasteiger charge is -2.06. The highest BCUT2D eigenvalue weighted by atomic mass is 35.5. The van der Waals surface area contributed by atoms with Crippen LogP contribution in [0.1, 0.15) is 16.7 Å². The smallest absolute Gasteiger partial charge is 0.310 e. The highest BCUT2D eigenvalue weighted by Crippen LogP contribution is 2.18. The van der Waals surface area contributed by atoms with E-state index in [2.05, 4.69) is 4.74 Å². The lowest BCUT2D eigenvalue weighted by Crippen LogP contribution is -2.07. The number of ether oxygens (including phenoxy) is 1. The molecule has 0 aliphatic rings. The van der Waals surface area contributed by atoms with Crippen LogP contribution in [0.15, 0.2) is 12.1 Å². The molecule has 5 heteroatoms. The molecule has 0 fully saturated rings. The second-order valence-electron chi connectivity index (χ2n) is 3.10. The Morgan fingerprint density at radius 2 is 2.25 bits per heavy atom. The minimum absolute atomic E-state index is 0.0149. The summed E-state index contributed by atoms with van der Waals surface area (Å²) in [7, 11) is 1.23. The molecule has 0 spiro atoms. The average Bonchev–Trinajstić information content (AvgIpc) is 2.29. The van der Waals surface area contributed by atoms with Crippen molar-refractivity contribution in [3.05, 3.63) is 34.6 Å². The van der Waals surface area contributed by atoms with Crippen LogP contribution in [0.5, 0.6) is 0 Å². The van der Waals surface area contributed by atoms with Crippen LogP contribution in [0.4, 0.5) is 4.39 Å². The van der Waals surface area contributed by atoms with E-state index in [0.29, 0.717) is 5.56 Å². The number of carbonyl (C=O) groups is 1. The SMILES string of the molecule is COC(=O)Cc1cc(F)c(CCl)cc1C#N. The molecule has 0 radical (unpaired) electrons. The van der Waals surface area contributed by atoms with E-state index in [-0.39, 0.29) is 23.4 Å². The Kier molecular flexibility index (Phi) is 4.27. The van der Waals surface area contributed by atoms with Crippen LogP contribution in [0.2, 0.25) is 0 Å². The van der Waals surface area contributed by atoms with Crippen LogP contribution >= 0.6 is 11.6 Å². The normalized spacial score (nSPS) is 9.62. The maximum atomic E-state index is 13.4. The molecule has 0 heterocycles. The number of benzene rings is 1. The summed E-state index contributed by atoms with van der Waals surface area (Å²) in [5, 5.41) is 8.85. The van der Waals surface area contributed by atoms with Gasteiger partial charge in [-0.25, -0.2) is 4.39 Å². The number of nitriles is 1. The van der Waals surface area contributed by atoms with E-state index in [4.69, 9.17) is 16.9 Å². The van der Waals surface area contributed by atoms with E-state index in [1.165, 1.54) is 13.2 Å². The lowest BCUT2D eigenvalue weighted by atomic mass is 10.0. The van der Waals surface area contributed by atoms with Crippen LogP contribution < -0.4 is 0 Å². The van der Waals surface area contributed by atoms with E-state index in [1.807, 2.05) is 6.07 Å². The van der Waals surface area contributed by atoms with Gasteiger partial charge in [0.25, 0.3) is 0 Å². The number of carbonyl (C=O) groups excluding carboxylic acids is 1. The fourth-order valence-electron chi connectivity index (χ4n) is 1.24. The number of halogens is 2. The van der Waals surface area contributed by atoms with Crippen LogP contribution in [0.25, 0.3) is 0 Å². The van der Waals surface area contributed by atoms with E-state index < -0.39 is 11.8 Å². The fraction of sp³-hybridized carbons (Fsp3) is 0.273. The predicted octanol–water partition coefficient (Wildman–Crippen LogP) is 2.15. The predicted molar refractivity (Wildman–Crippen MR) is 56.4 cm³/mol. The van der Waals surface area contributed by atoms with Crippen molar-refractivity contribution in [3.8, 4) is 6.07 Å². The van der Waals surface area contributed by atoms with Crippen molar-refractivity contribution in [2.75, 3.05) is 7.11 Å². The third-order valence-corrected chi connectivity index (χ3v) is 2.39. The molecule has 0 aromatic heterocycles. The molecule has 1 aromatic carbocycles. The molecule has 0 aliphatic carbocycles. The van der Waals surface area contributed by atoms with Crippen LogP contribution in [0.3, 0.4) is 0 Å². The molecule has 1 aromatic rings. The molecule has 0 aliphatic heterocycles. The Bertz CT molecular complexity index is 454. The molecule has 0 unspecified atom stereocenters. The van der Waals surface area contributed by atoms with Crippen molar-refractivity contribution in [1.82, 2.24) is 0 Å².